The van der Waals surface area contributed by atoms with E-state index in [-0.39, 0.29) is 26.3 Å². The topological polar surface area (TPSA) is 66.8 Å². The Bertz CT molecular complexity index is 327. The highest BCUT2D eigenvalue weighted by atomic mass is 19.3. The highest BCUT2D eigenvalue weighted by Crippen LogP contribution is 2.36. The van der Waals surface area contributed by atoms with Gasteiger partial charge in [-0.25, -0.2) is 4.79 Å². The number of halogens is 4. The molecule has 9 heteroatoms. The number of aliphatic carboxylic acids is 1. The lowest BCUT2D eigenvalue weighted by atomic mass is 10.1. The molecule has 0 aromatic heterocycles. The second-order valence-electron chi connectivity index (χ2n) is 3.36. The number of amides is 1. The van der Waals surface area contributed by atoms with Crippen molar-refractivity contribution >= 4 is 11.9 Å². The Balaban J connectivity index is 2.88. The quantitative estimate of drug-likeness (QED) is 0.735. The van der Waals surface area contributed by atoms with E-state index in [0.29, 0.717) is 4.90 Å². The molecule has 1 aliphatic rings. The van der Waals surface area contributed by atoms with Gasteiger partial charge in [-0.05, 0) is 0 Å². The van der Waals surface area contributed by atoms with Gasteiger partial charge >= 0.3 is 23.7 Å². The maximum absolute atomic E-state index is 13.1. The van der Waals surface area contributed by atoms with Gasteiger partial charge in [0.05, 0.1) is 13.2 Å². The maximum atomic E-state index is 13.1. The largest absolute Gasteiger partial charge is 0.477 e. The second-order valence-corrected chi connectivity index (χ2v) is 3.36. The summed E-state index contributed by atoms with van der Waals surface area (Å²) in [7, 11) is 0. The lowest BCUT2D eigenvalue weighted by molar-refractivity contribution is -0.228. The summed E-state index contributed by atoms with van der Waals surface area (Å²) in [5, 5.41) is 8.00. The number of nitrogens with zero attached hydrogens (tertiary/aromatic N) is 1. The molecule has 1 rings (SSSR count). The molecule has 0 aromatic rings. The van der Waals surface area contributed by atoms with Crippen LogP contribution in [0.5, 0.6) is 0 Å². The zero-order chi connectivity index (χ0) is 13.3. The van der Waals surface area contributed by atoms with E-state index in [2.05, 4.69) is 0 Å². The summed E-state index contributed by atoms with van der Waals surface area (Å²) in [6.07, 6.45) is 0. The van der Waals surface area contributed by atoms with Crippen molar-refractivity contribution in [2.75, 3.05) is 26.3 Å². The SMILES string of the molecule is O=C(O)C(F)(F)C(F)(F)C(=O)N1CCOCC1. The zero-order valence-electron chi connectivity index (χ0n) is 8.46. The normalized spacial score (nSPS) is 18.0. The highest BCUT2D eigenvalue weighted by Gasteiger charge is 2.68. The van der Waals surface area contributed by atoms with Crippen molar-refractivity contribution in [1.82, 2.24) is 4.90 Å². The van der Waals surface area contributed by atoms with Crippen LogP contribution in [0.15, 0.2) is 0 Å². The van der Waals surface area contributed by atoms with Gasteiger partial charge in [0.2, 0.25) is 0 Å². The van der Waals surface area contributed by atoms with Gasteiger partial charge in [0.15, 0.2) is 0 Å². The summed E-state index contributed by atoms with van der Waals surface area (Å²) < 4.78 is 56.3. The summed E-state index contributed by atoms with van der Waals surface area (Å²) in [5.74, 6) is -15.9. The van der Waals surface area contributed by atoms with Gasteiger partial charge in [-0.15, -0.1) is 0 Å². The molecule has 0 radical (unpaired) electrons. The van der Waals surface area contributed by atoms with Gasteiger partial charge in [0.1, 0.15) is 0 Å². The number of carboxylic acids is 1. The van der Waals surface area contributed by atoms with Crippen LogP contribution in [0.25, 0.3) is 0 Å². The average molecular weight is 259 g/mol. The van der Waals surface area contributed by atoms with E-state index < -0.39 is 23.7 Å². The first-order valence-corrected chi connectivity index (χ1v) is 4.57. The molecular formula is C8H9F4NO4. The molecular weight excluding hydrogens is 250 g/mol. The van der Waals surface area contributed by atoms with Crippen molar-refractivity contribution < 1.29 is 37.0 Å². The Morgan fingerprint density at radius 1 is 1.06 bits per heavy atom. The first kappa shape index (κ1) is 13.7. The average Bonchev–Trinajstić information content (AvgIpc) is 2.28. The van der Waals surface area contributed by atoms with E-state index in [9.17, 15) is 27.2 Å². The highest BCUT2D eigenvalue weighted by molar-refractivity contribution is 5.92. The third-order valence-corrected chi connectivity index (χ3v) is 2.23. The first-order chi connectivity index (χ1) is 7.71. The van der Waals surface area contributed by atoms with Crippen molar-refractivity contribution in [3.8, 4) is 0 Å². The van der Waals surface area contributed by atoms with E-state index in [1.807, 2.05) is 0 Å². The van der Waals surface area contributed by atoms with Gasteiger partial charge in [0.25, 0.3) is 0 Å². The van der Waals surface area contributed by atoms with Gasteiger partial charge in [-0.2, -0.15) is 17.6 Å². The molecule has 1 fully saturated rings. The fourth-order valence-electron chi connectivity index (χ4n) is 1.23. The number of rotatable bonds is 3. The van der Waals surface area contributed by atoms with Crippen LogP contribution in [0.3, 0.4) is 0 Å². The molecule has 0 aliphatic carbocycles. The van der Waals surface area contributed by atoms with Gasteiger partial charge in [0, 0.05) is 13.1 Å². The third kappa shape index (κ3) is 2.33. The number of carbonyl (C=O) groups excluding carboxylic acids is 1. The van der Waals surface area contributed by atoms with Crippen LogP contribution in [0.1, 0.15) is 0 Å². The first-order valence-electron chi connectivity index (χ1n) is 4.57. The molecule has 5 nitrogen and oxygen atoms in total. The van der Waals surface area contributed by atoms with Crippen molar-refractivity contribution in [2.24, 2.45) is 0 Å². The molecule has 0 aromatic carbocycles. The Labute approximate surface area is 92.9 Å². The Kier molecular flexibility index (Phi) is 3.60. The predicted molar refractivity (Wildman–Crippen MR) is 44.9 cm³/mol. The van der Waals surface area contributed by atoms with E-state index in [4.69, 9.17) is 9.84 Å². The summed E-state index contributed by atoms with van der Waals surface area (Å²) in [6, 6.07) is 0. The van der Waals surface area contributed by atoms with Crippen LogP contribution in [0, 0.1) is 0 Å². The molecule has 1 N–H and O–H groups in total. The molecule has 1 heterocycles. The zero-order valence-corrected chi connectivity index (χ0v) is 8.46. The Morgan fingerprint density at radius 3 is 1.94 bits per heavy atom. The Morgan fingerprint density at radius 2 is 1.53 bits per heavy atom. The van der Waals surface area contributed by atoms with Crippen LogP contribution >= 0.6 is 0 Å². The lowest BCUT2D eigenvalue weighted by Crippen LogP contribution is -2.59. The molecule has 0 bridgehead atoms. The molecule has 0 unspecified atom stereocenters. The number of carbonyl (C=O) groups is 2. The van der Waals surface area contributed by atoms with Crippen LogP contribution in [-0.2, 0) is 14.3 Å². The van der Waals surface area contributed by atoms with Gasteiger partial charge in [-0.1, -0.05) is 0 Å². The van der Waals surface area contributed by atoms with Crippen molar-refractivity contribution in [3.63, 3.8) is 0 Å². The molecule has 17 heavy (non-hydrogen) atoms. The smallest absolute Gasteiger partial charge is 0.413 e. The molecule has 0 saturated carbocycles. The fraction of sp³-hybridized carbons (Fsp3) is 0.750. The molecule has 1 saturated heterocycles. The van der Waals surface area contributed by atoms with Crippen LogP contribution in [0.4, 0.5) is 17.6 Å². The fourth-order valence-corrected chi connectivity index (χ4v) is 1.23. The summed E-state index contributed by atoms with van der Waals surface area (Å²) in [6.45, 7) is -0.658. The molecule has 0 atom stereocenters. The molecule has 1 amide bonds. The van der Waals surface area contributed by atoms with Gasteiger partial charge in [-0.3, -0.25) is 4.79 Å². The van der Waals surface area contributed by atoms with Crippen LogP contribution in [0.2, 0.25) is 0 Å². The number of ether oxygens (including phenoxy) is 1. The monoisotopic (exact) mass is 259 g/mol. The van der Waals surface area contributed by atoms with Gasteiger partial charge < -0.3 is 14.7 Å². The maximum Gasteiger partial charge on any atom is 0.413 e. The van der Waals surface area contributed by atoms with Crippen molar-refractivity contribution in [1.29, 1.82) is 0 Å². The lowest BCUT2D eigenvalue weighted by Gasteiger charge is -2.31. The van der Waals surface area contributed by atoms with E-state index >= 15 is 0 Å². The number of hydrogen-bond donors (Lipinski definition) is 1. The van der Waals surface area contributed by atoms with Crippen molar-refractivity contribution in [2.45, 2.75) is 11.8 Å². The van der Waals surface area contributed by atoms with E-state index in [0.717, 1.165) is 0 Å². The molecule has 1 aliphatic heterocycles. The molecule has 0 spiro atoms. The summed E-state index contributed by atoms with van der Waals surface area (Å²) >= 11 is 0. The Hall–Kier alpha value is -1.38. The minimum absolute atomic E-state index is 0.0551. The summed E-state index contributed by atoms with van der Waals surface area (Å²) in [5.41, 5.74) is 0. The standard InChI is InChI=1S/C8H9F4NO4/c9-7(10,8(11,12)6(15)16)5(14)13-1-3-17-4-2-13/h1-4H2,(H,15,16). The van der Waals surface area contributed by atoms with Crippen LogP contribution < -0.4 is 0 Å². The van der Waals surface area contributed by atoms with Crippen LogP contribution in [-0.4, -0.2) is 60.0 Å². The minimum Gasteiger partial charge on any atom is -0.477 e. The molecule has 98 valence electrons. The summed E-state index contributed by atoms with van der Waals surface area (Å²) in [4.78, 5) is 21.6. The van der Waals surface area contributed by atoms with Crippen molar-refractivity contribution in [3.05, 3.63) is 0 Å². The number of hydrogen-bond acceptors (Lipinski definition) is 3. The second kappa shape index (κ2) is 4.47. The van der Waals surface area contributed by atoms with E-state index in [1.165, 1.54) is 0 Å². The minimum atomic E-state index is -5.43. The van der Waals surface area contributed by atoms with E-state index in [1.54, 1.807) is 0 Å². The number of carboxylic acid groups (broad SMARTS) is 1. The third-order valence-electron chi connectivity index (χ3n) is 2.23. The number of alkyl halides is 4. The predicted octanol–water partition coefficient (Wildman–Crippen LogP) is 0.200. The number of morpholine rings is 1.